The fraction of sp³-hybridized carbons (Fsp3) is 0.679. The molecule has 16 N–H and O–H groups in total. The van der Waals surface area contributed by atoms with E-state index in [0.29, 0.717) is 0 Å². The van der Waals surface area contributed by atoms with Crippen molar-refractivity contribution in [1.29, 1.82) is 0 Å². The van der Waals surface area contributed by atoms with Crippen LogP contribution in [0.3, 0.4) is 0 Å². The summed E-state index contributed by atoms with van der Waals surface area (Å²) in [5.74, 6) is -9.66. The maximum Gasteiger partial charge on any atom is 0.328 e. The Labute approximate surface area is 297 Å². The van der Waals surface area contributed by atoms with Gasteiger partial charge in [-0.3, -0.25) is 38.4 Å². The van der Waals surface area contributed by atoms with E-state index in [1.165, 1.54) is 6.92 Å². The second-order valence-corrected chi connectivity index (χ2v) is 11.6. The van der Waals surface area contributed by atoms with Crippen LogP contribution in [0.4, 0.5) is 0 Å². The van der Waals surface area contributed by atoms with Crippen LogP contribution in [-0.4, -0.2) is 171 Å². The van der Waals surface area contributed by atoms with Gasteiger partial charge in [0.2, 0.25) is 47.3 Å². The second-order valence-electron chi connectivity index (χ2n) is 11.6. The molecule has 0 aliphatic heterocycles. The van der Waals surface area contributed by atoms with Gasteiger partial charge in [-0.1, -0.05) is 0 Å². The molecule has 0 aromatic rings. The van der Waals surface area contributed by atoms with Crippen LogP contribution in [0.2, 0.25) is 0 Å². The number of aliphatic carboxylic acids is 1. The van der Waals surface area contributed by atoms with E-state index in [-0.39, 0.29) is 0 Å². The summed E-state index contributed by atoms with van der Waals surface area (Å²) in [7, 11) is 0. The number of nitrogens with one attached hydrogen (secondary N) is 8. The fourth-order valence-corrected chi connectivity index (χ4v) is 3.84. The summed E-state index contributed by atoms with van der Waals surface area (Å²) in [6.07, 6.45) is -7.26. The molecular weight excluding hydrogens is 702 g/mol. The molecule has 0 aromatic carbocycles. The highest BCUT2D eigenvalue weighted by atomic mass is 16.4. The minimum absolute atomic E-state index is 0.673. The zero-order valence-corrected chi connectivity index (χ0v) is 29.0. The van der Waals surface area contributed by atoms with Crippen LogP contribution in [0.5, 0.6) is 0 Å². The van der Waals surface area contributed by atoms with Gasteiger partial charge in [-0.25, -0.2) is 4.79 Å². The Kier molecular flexibility index (Phi) is 20.5. The third kappa shape index (κ3) is 17.3. The molecular formula is C28H49N9O15. The van der Waals surface area contributed by atoms with E-state index in [1.54, 1.807) is 0 Å². The standard InChI is InChI=1S/C28H49N9O15/c1-10(38)19(29)24(47)30-6-15(43)34-20(11(2)39)25(48)31-7-16(44)35-21(12(3)40)26(49)32-8-17(45)36-22(13(4)41)27(50)33-9-18(46)37-23(14(5)42)28(51)52/h10-14,19-23,38-42H,6-9,29H2,1-5H3,(H,30,47)(H,31,48)(H,32,49)(H,33,50)(H,34,43)(H,35,44)(H,36,45)(H,37,46)(H,51,52)/t10-,11-,12-,13-,14-,19+,20+,21+,22+,23+/m1/s1. The molecule has 296 valence electrons. The van der Waals surface area contributed by atoms with E-state index in [4.69, 9.17) is 10.8 Å². The van der Waals surface area contributed by atoms with Gasteiger partial charge in [0.15, 0.2) is 6.04 Å². The number of aliphatic hydroxyl groups excluding tert-OH is 5. The monoisotopic (exact) mass is 751 g/mol. The molecule has 0 spiro atoms. The van der Waals surface area contributed by atoms with Crippen LogP contribution in [0.25, 0.3) is 0 Å². The number of carbonyl (C=O) groups excluding carboxylic acids is 8. The molecule has 10 atom stereocenters. The van der Waals surface area contributed by atoms with Crippen LogP contribution in [0, 0.1) is 0 Å². The number of hydrogen-bond acceptors (Lipinski definition) is 15. The summed E-state index contributed by atoms with van der Waals surface area (Å²) >= 11 is 0. The van der Waals surface area contributed by atoms with E-state index in [2.05, 4.69) is 37.2 Å². The normalized spacial score (nSPS) is 16.7. The molecule has 52 heavy (non-hydrogen) atoms. The van der Waals surface area contributed by atoms with Gasteiger partial charge >= 0.3 is 5.97 Å². The highest BCUT2D eigenvalue weighted by Gasteiger charge is 2.31. The van der Waals surface area contributed by atoms with Crippen molar-refractivity contribution in [3.05, 3.63) is 0 Å². The number of carbonyl (C=O) groups is 9. The van der Waals surface area contributed by atoms with Gasteiger partial charge < -0.3 is 78.9 Å². The fourth-order valence-electron chi connectivity index (χ4n) is 3.84. The molecule has 0 rings (SSSR count). The van der Waals surface area contributed by atoms with E-state index in [1.807, 2.05) is 5.32 Å². The number of rotatable bonds is 22. The number of hydrogen-bond donors (Lipinski definition) is 15. The predicted molar refractivity (Wildman–Crippen MR) is 174 cm³/mol. The summed E-state index contributed by atoms with van der Waals surface area (Å²) in [4.78, 5) is 110. The lowest BCUT2D eigenvalue weighted by Gasteiger charge is -2.23. The summed E-state index contributed by atoms with van der Waals surface area (Å²) in [5, 5.41) is 74.5. The molecule has 0 heterocycles. The Balaban J connectivity index is 5.09. The molecule has 8 amide bonds. The van der Waals surface area contributed by atoms with Gasteiger partial charge in [-0.05, 0) is 34.6 Å². The number of carboxylic acids is 1. The van der Waals surface area contributed by atoms with Crippen LogP contribution in [0.15, 0.2) is 0 Å². The first-order chi connectivity index (χ1) is 24.0. The van der Waals surface area contributed by atoms with Crippen molar-refractivity contribution >= 4 is 53.2 Å². The Morgan fingerprint density at radius 1 is 0.423 bits per heavy atom. The van der Waals surface area contributed by atoms with Crippen molar-refractivity contribution in [2.24, 2.45) is 5.73 Å². The first kappa shape index (κ1) is 47.0. The topological polar surface area (TPSA) is 397 Å². The van der Waals surface area contributed by atoms with E-state index in [9.17, 15) is 68.7 Å². The average molecular weight is 752 g/mol. The number of aliphatic hydroxyl groups is 5. The molecule has 0 bridgehead atoms. The van der Waals surface area contributed by atoms with Crippen LogP contribution in [0.1, 0.15) is 34.6 Å². The number of nitrogens with two attached hydrogens (primary N) is 1. The second kappa shape index (κ2) is 22.7. The highest BCUT2D eigenvalue weighted by molar-refractivity contribution is 5.96. The third-order valence-electron chi connectivity index (χ3n) is 6.82. The molecule has 0 radical (unpaired) electrons. The largest absolute Gasteiger partial charge is 0.480 e. The summed E-state index contributed by atoms with van der Waals surface area (Å²) in [5.41, 5.74) is 5.45. The van der Waals surface area contributed by atoms with Crippen molar-refractivity contribution in [1.82, 2.24) is 42.5 Å². The van der Waals surface area contributed by atoms with Crippen LogP contribution < -0.4 is 48.3 Å². The van der Waals surface area contributed by atoms with Gasteiger partial charge in [0.1, 0.15) is 24.2 Å². The maximum absolute atomic E-state index is 12.7. The van der Waals surface area contributed by atoms with Crippen molar-refractivity contribution in [2.75, 3.05) is 26.2 Å². The SMILES string of the molecule is C[C@@H](O)[C@H](N)C(=O)NCC(=O)N[C@H](C(=O)NCC(=O)N[C@H](C(=O)NCC(=O)N[C@H](C(=O)NCC(=O)N[C@H](C(=O)O)[C@@H](C)O)[C@@H](C)O)[C@@H](C)O)[C@@H](C)O. The van der Waals surface area contributed by atoms with Gasteiger partial charge in [-0.2, -0.15) is 0 Å². The van der Waals surface area contributed by atoms with Gasteiger partial charge in [0, 0.05) is 0 Å². The Morgan fingerprint density at radius 3 is 0.865 bits per heavy atom. The minimum Gasteiger partial charge on any atom is -0.480 e. The lowest BCUT2D eigenvalue weighted by molar-refractivity contribution is -0.144. The van der Waals surface area contributed by atoms with Gasteiger partial charge in [0.25, 0.3) is 0 Å². The van der Waals surface area contributed by atoms with E-state index in [0.717, 1.165) is 27.7 Å². The zero-order valence-electron chi connectivity index (χ0n) is 29.0. The molecule has 24 nitrogen and oxygen atoms in total. The van der Waals surface area contributed by atoms with Gasteiger partial charge in [0.05, 0.1) is 56.7 Å². The lowest BCUT2D eigenvalue weighted by Crippen LogP contribution is -2.59. The third-order valence-corrected chi connectivity index (χ3v) is 6.82. The van der Waals surface area contributed by atoms with Crippen molar-refractivity contribution in [2.45, 2.75) is 95.3 Å². The Bertz CT molecular complexity index is 1290. The first-order valence-electron chi connectivity index (χ1n) is 15.7. The molecule has 0 aromatic heterocycles. The van der Waals surface area contributed by atoms with Crippen LogP contribution >= 0.6 is 0 Å². The number of amides is 8. The summed E-state index contributed by atoms with van der Waals surface area (Å²) in [6.45, 7) is 2.59. The van der Waals surface area contributed by atoms with Gasteiger partial charge in [-0.15, -0.1) is 0 Å². The molecule has 0 fully saturated rings. The van der Waals surface area contributed by atoms with E-state index >= 15 is 0 Å². The zero-order chi connectivity index (χ0) is 40.5. The van der Waals surface area contributed by atoms with E-state index < -0.39 is 140 Å². The first-order valence-corrected chi connectivity index (χ1v) is 15.7. The minimum atomic E-state index is -1.69. The highest BCUT2D eigenvalue weighted by Crippen LogP contribution is 1.98. The summed E-state index contributed by atoms with van der Waals surface area (Å²) < 4.78 is 0. The van der Waals surface area contributed by atoms with Crippen molar-refractivity contribution in [3.8, 4) is 0 Å². The molecule has 0 aliphatic carbocycles. The Hall–Kier alpha value is -5.01. The lowest BCUT2D eigenvalue weighted by atomic mass is 10.1. The number of carboxylic acid groups (broad SMARTS) is 1. The quantitative estimate of drug-likeness (QED) is 0.0488. The molecule has 24 heteroatoms. The molecule has 0 saturated carbocycles. The summed E-state index contributed by atoms with van der Waals surface area (Å²) in [6, 6.07) is -7.97. The Morgan fingerprint density at radius 2 is 0.654 bits per heavy atom. The maximum atomic E-state index is 12.7. The molecule has 0 aliphatic rings. The average Bonchev–Trinajstić information content (AvgIpc) is 3.05. The van der Waals surface area contributed by atoms with Crippen molar-refractivity contribution < 1.29 is 73.8 Å². The predicted octanol–water partition coefficient (Wildman–Crippen LogP) is -9.29. The molecule has 0 unspecified atom stereocenters. The molecule has 0 saturated heterocycles. The van der Waals surface area contributed by atoms with Crippen LogP contribution in [-0.2, 0) is 43.2 Å². The smallest absolute Gasteiger partial charge is 0.328 e. The van der Waals surface area contributed by atoms with Crippen molar-refractivity contribution in [3.63, 3.8) is 0 Å².